The van der Waals surface area contributed by atoms with Gasteiger partial charge in [0.15, 0.2) is 0 Å². The van der Waals surface area contributed by atoms with Crippen LogP contribution in [0.5, 0.6) is 0 Å². The fraction of sp³-hybridized carbons (Fsp3) is 0.412. The molecule has 1 aromatic carbocycles. The van der Waals surface area contributed by atoms with Crippen molar-refractivity contribution in [3.8, 4) is 0 Å². The number of carbonyl (C=O) groups is 1. The first-order chi connectivity index (χ1) is 10.7. The van der Waals surface area contributed by atoms with E-state index in [1.165, 1.54) is 0 Å². The molecule has 0 bridgehead atoms. The Hall–Kier alpha value is -1.65. The van der Waals surface area contributed by atoms with Crippen LogP contribution in [-0.2, 0) is 0 Å². The first-order valence-electron chi connectivity index (χ1n) is 7.64. The molecule has 1 fully saturated rings. The summed E-state index contributed by atoms with van der Waals surface area (Å²) < 4.78 is 0. The number of nitrogens with zero attached hydrogens (tertiary/aromatic N) is 1. The number of amides is 1. The zero-order chi connectivity index (χ0) is 15.5. The molecule has 0 atom stereocenters. The number of aromatic nitrogens is 1. The summed E-state index contributed by atoms with van der Waals surface area (Å²) in [5.74, 6) is 0.302. The normalized spacial score (nSPS) is 21.7. The third-order valence-corrected chi connectivity index (χ3v) is 4.71. The molecule has 2 aromatic rings. The van der Waals surface area contributed by atoms with E-state index < -0.39 is 0 Å². The lowest BCUT2D eigenvalue weighted by molar-refractivity contribution is 0.0915. The summed E-state index contributed by atoms with van der Waals surface area (Å²) in [5, 5.41) is 13.6. The number of carbonyl (C=O) groups excluding carboxylic acids is 1. The Bertz CT molecular complexity index is 681. The molecule has 0 saturated heterocycles. The van der Waals surface area contributed by atoms with Crippen LogP contribution in [0.15, 0.2) is 30.5 Å². The van der Waals surface area contributed by atoms with Gasteiger partial charge in [0.25, 0.3) is 5.91 Å². The van der Waals surface area contributed by atoms with E-state index in [-0.39, 0.29) is 18.6 Å². The Balaban J connectivity index is 1.77. The largest absolute Gasteiger partial charge is 0.396 e. The van der Waals surface area contributed by atoms with Crippen molar-refractivity contribution in [3.05, 3.63) is 41.0 Å². The number of fused-ring (bicyclic) bond motifs is 1. The maximum Gasteiger partial charge on any atom is 0.252 e. The van der Waals surface area contributed by atoms with Crippen molar-refractivity contribution in [1.29, 1.82) is 0 Å². The smallest absolute Gasteiger partial charge is 0.252 e. The molecule has 0 aliphatic heterocycles. The van der Waals surface area contributed by atoms with Crippen LogP contribution in [0.3, 0.4) is 0 Å². The zero-order valence-corrected chi connectivity index (χ0v) is 13.0. The Morgan fingerprint density at radius 3 is 2.77 bits per heavy atom. The highest BCUT2D eigenvalue weighted by Gasteiger charge is 2.23. The predicted molar refractivity (Wildman–Crippen MR) is 87.1 cm³/mol. The van der Waals surface area contributed by atoms with Crippen molar-refractivity contribution in [1.82, 2.24) is 10.3 Å². The molecule has 3 rings (SSSR count). The molecule has 22 heavy (non-hydrogen) atoms. The van der Waals surface area contributed by atoms with Gasteiger partial charge < -0.3 is 10.4 Å². The van der Waals surface area contributed by atoms with Crippen LogP contribution >= 0.6 is 11.6 Å². The molecule has 0 spiro atoms. The number of pyridine rings is 1. The van der Waals surface area contributed by atoms with Gasteiger partial charge in [-0.2, -0.15) is 0 Å². The van der Waals surface area contributed by atoms with Gasteiger partial charge in [0.05, 0.1) is 10.5 Å². The van der Waals surface area contributed by atoms with Crippen molar-refractivity contribution in [2.75, 3.05) is 6.61 Å². The van der Waals surface area contributed by atoms with Crippen molar-refractivity contribution in [3.63, 3.8) is 0 Å². The van der Waals surface area contributed by atoms with Gasteiger partial charge in [-0.05, 0) is 49.8 Å². The standard InChI is InChI=1S/C17H19ClN2O2/c18-15-8-7-14(13-2-1-9-19-16(13)15)17(22)20-12-5-3-11(10-21)4-6-12/h1-2,7-9,11-12,21H,3-6,10H2,(H,20,22). The second-order valence-corrected chi connectivity index (χ2v) is 6.28. The Morgan fingerprint density at radius 2 is 2.05 bits per heavy atom. The molecule has 0 unspecified atom stereocenters. The van der Waals surface area contributed by atoms with Gasteiger partial charge in [0.1, 0.15) is 0 Å². The fourth-order valence-corrected chi connectivity index (χ4v) is 3.30. The summed E-state index contributed by atoms with van der Waals surface area (Å²) in [6.45, 7) is 0.244. The topological polar surface area (TPSA) is 62.2 Å². The Labute approximate surface area is 134 Å². The van der Waals surface area contributed by atoms with Gasteiger partial charge in [-0.25, -0.2) is 0 Å². The van der Waals surface area contributed by atoms with Crippen LogP contribution in [-0.4, -0.2) is 28.6 Å². The number of aliphatic hydroxyl groups is 1. The highest BCUT2D eigenvalue weighted by molar-refractivity contribution is 6.35. The van der Waals surface area contributed by atoms with Crippen molar-refractivity contribution in [2.45, 2.75) is 31.7 Å². The van der Waals surface area contributed by atoms with E-state index in [1.807, 2.05) is 12.1 Å². The number of rotatable bonds is 3. The Morgan fingerprint density at radius 1 is 1.27 bits per heavy atom. The summed E-state index contributed by atoms with van der Waals surface area (Å²) in [4.78, 5) is 16.8. The quantitative estimate of drug-likeness (QED) is 0.913. The van der Waals surface area contributed by atoms with Gasteiger partial charge in [-0.3, -0.25) is 9.78 Å². The van der Waals surface area contributed by atoms with Crippen molar-refractivity contribution in [2.24, 2.45) is 5.92 Å². The number of hydrogen-bond acceptors (Lipinski definition) is 3. The number of nitrogens with one attached hydrogen (secondary N) is 1. The molecule has 1 aliphatic rings. The van der Waals surface area contributed by atoms with Gasteiger partial charge in [-0.1, -0.05) is 17.7 Å². The maximum absolute atomic E-state index is 12.6. The lowest BCUT2D eigenvalue weighted by Crippen LogP contribution is -2.38. The summed E-state index contributed by atoms with van der Waals surface area (Å²) >= 11 is 6.14. The van der Waals surface area contributed by atoms with Crippen LogP contribution in [0.25, 0.3) is 10.9 Å². The van der Waals surface area contributed by atoms with Crippen LogP contribution in [0.1, 0.15) is 36.0 Å². The number of hydrogen-bond donors (Lipinski definition) is 2. The van der Waals surface area contributed by atoms with Crippen molar-refractivity contribution >= 4 is 28.4 Å². The van der Waals surface area contributed by atoms with E-state index in [4.69, 9.17) is 11.6 Å². The average Bonchev–Trinajstić information content (AvgIpc) is 2.56. The van der Waals surface area contributed by atoms with Gasteiger partial charge in [0.2, 0.25) is 0 Å². The van der Waals surface area contributed by atoms with Gasteiger partial charge in [0, 0.05) is 29.8 Å². The SMILES string of the molecule is O=C(NC1CCC(CO)CC1)c1ccc(Cl)c2ncccc12. The van der Waals surface area contributed by atoms with E-state index in [1.54, 1.807) is 18.3 Å². The van der Waals surface area contributed by atoms with Crippen LogP contribution in [0.4, 0.5) is 0 Å². The summed E-state index contributed by atoms with van der Waals surface area (Å²) in [6.07, 6.45) is 5.43. The molecular weight excluding hydrogens is 300 g/mol. The molecule has 116 valence electrons. The molecule has 1 aromatic heterocycles. The minimum atomic E-state index is -0.0814. The van der Waals surface area contributed by atoms with Crippen LogP contribution in [0.2, 0.25) is 5.02 Å². The first kappa shape index (κ1) is 15.3. The molecule has 5 heteroatoms. The minimum Gasteiger partial charge on any atom is -0.396 e. The van der Waals surface area contributed by atoms with Crippen LogP contribution in [0, 0.1) is 5.92 Å². The minimum absolute atomic E-state index is 0.0814. The molecular formula is C17H19ClN2O2. The second-order valence-electron chi connectivity index (χ2n) is 5.87. The van der Waals surface area contributed by atoms with Crippen LogP contribution < -0.4 is 5.32 Å². The average molecular weight is 319 g/mol. The second kappa shape index (κ2) is 6.63. The lowest BCUT2D eigenvalue weighted by Gasteiger charge is -2.28. The molecule has 2 N–H and O–H groups in total. The summed E-state index contributed by atoms with van der Waals surface area (Å²) in [7, 11) is 0. The molecule has 1 saturated carbocycles. The lowest BCUT2D eigenvalue weighted by atomic mass is 9.86. The summed E-state index contributed by atoms with van der Waals surface area (Å²) in [6, 6.07) is 7.32. The molecule has 1 heterocycles. The Kier molecular flexibility index (Phi) is 4.60. The van der Waals surface area contributed by atoms with Gasteiger partial charge >= 0.3 is 0 Å². The molecule has 0 radical (unpaired) electrons. The van der Waals surface area contributed by atoms with E-state index in [9.17, 15) is 9.90 Å². The van der Waals surface area contributed by atoms with E-state index in [0.29, 0.717) is 22.0 Å². The van der Waals surface area contributed by atoms with E-state index in [2.05, 4.69) is 10.3 Å². The molecule has 1 amide bonds. The number of aliphatic hydroxyl groups excluding tert-OH is 1. The highest BCUT2D eigenvalue weighted by Crippen LogP contribution is 2.26. The monoisotopic (exact) mass is 318 g/mol. The zero-order valence-electron chi connectivity index (χ0n) is 12.3. The number of benzene rings is 1. The van der Waals surface area contributed by atoms with E-state index in [0.717, 1.165) is 31.1 Å². The number of halogens is 1. The fourth-order valence-electron chi connectivity index (χ4n) is 3.09. The maximum atomic E-state index is 12.6. The highest BCUT2D eigenvalue weighted by atomic mass is 35.5. The summed E-state index contributed by atoms with van der Waals surface area (Å²) in [5.41, 5.74) is 1.26. The third-order valence-electron chi connectivity index (χ3n) is 4.41. The molecule has 1 aliphatic carbocycles. The van der Waals surface area contributed by atoms with Gasteiger partial charge in [-0.15, -0.1) is 0 Å². The first-order valence-corrected chi connectivity index (χ1v) is 8.02. The predicted octanol–water partition coefficient (Wildman–Crippen LogP) is 3.17. The molecule has 4 nitrogen and oxygen atoms in total. The van der Waals surface area contributed by atoms with E-state index >= 15 is 0 Å². The van der Waals surface area contributed by atoms with Crippen molar-refractivity contribution < 1.29 is 9.90 Å². The third kappa shape index (κ3) is 3.08.